The van der Waals surface area contributed by atoms with Gasteiger partial charge < -0.3 is 5.11 Å². The molecule has 0 radical (unpaired) electrons. The molecule has 0 spiro atoms. The van der Waals surface area contributed by atoms with Crippen LogP contribution in [0, 0.1) is 0 Å². The minimum atomic E-state index is 0.163. The second kappa shape index (κ2) is 2.85. The van der Waals surface area contributed by atoms with Crippen LogP contribution in [-0.2, 0) is 7.05 Å². The number of aromatic nitrogens is 4. The number of phenols is 1. The Morgan fingerprint density at radius 1 is 1.31 bits per heavy atom. The van der Waals surface area contributed by atoms with Gasteiger partial charge in [-0.1, -0.05) is 12.1 Å². The van der Waals surface area contributed by atoms with Crippen molar-refractivity contribution in [1.82, 2.24) is 20.2 Å². The van der Waals surface area contributed by atoms with Crippen molar-refractivity contribution in [3.63, 3.8) is 0 Å². The van der Waals surface area contributed by atoms with Crippen molar-refractivity contribution in [2.75, 3.05) is 0 Å². The van der Waals surface area contributed by atoms with E-state index in [1.807, 2.05) is 6.07 Å². The first-order valence-electron chi connectivity index (χ1n) is 3.80. The highest BCUT2D eigenvalue weighted by Crippen LogP contribution is 2.24. The van der Waals surface area contributed by atoms with Crippen molar-refractivity contribution >= 4 is 0 Å². The van der Waals surface area contributed by atoms with E-state index in [0.717, 1.165) is 0 Å². The summed E-state index contributed by atoms with van der Waals surface area (Å²) < 4.78 is 0. The molecular weight excluding hydrogens is 168 g/mol. The summed E-state index contributed by atoms with van der Waals surface area (Å²) in [5.41, 5.74) is 0.593. The molecule has 0 aliphatic carbocycles. The van der Waals surface area contributed by atoms with Crippen molar-refractivity contribution in [3.05, 3.63) is 24.3 Å². The Labute approximate surface area is 74.6 Å². The quantitative estimate of drug-likeness (QED) is 0.690. The number of para-hydroxylation sites is 1. The molecule has 13 heavy (non-hydrogen) atoms. The molecule has 0 aliphatic rings. The minimum absolute atomic E-state index is 0.163. The predicted molar refractivity (Wildman–Crippen MR) is 45.9 cm³/mol. The van der Waals surface area contributed by atoms with E-state index in [1.54, 1.807) is 25.2 Å². The minimum Gasteiger partial charge on any atom is -0.507 e. The highest BCUT2D eigenvalue weighted by Gasteiger charge is 2.07. The first-order valence-corrected chi connectivity index (χ1v) is 3.80. The van der Waals surface area contributed by atoms with E-state index < -0.39 is 0 Å². The van der Waals surface area contributed by atoms with Gasteiger partial charge in [0.25, 0.3) is 0 Å². The average Bonchev–Trinajstić information content (AvgIpc) is 2.53. The van der Waals surface area contributed by atoms with Gasteiger partial charge in [0.1, 0.15) is 5.75 Å². The molecule has 0 fully saturated rings. The van der Waals surface area contributed by atoms with E-state index in [4.69, 9.17) is 0 Å². The molecule has 5 nitrogen and oxygen atoms in total. The Balaban J connectivity index is 2.52. The van der Waals surface area contributed by atoms with Gasteiger partial charge in [-0.2, -0.15) is 4.80 Å². The van der Waals surface area contributed by atoms with Crippen molar-refractivity contribution in [3.8, 4) is 17.1 Å². The van der Waals surface area contributed by atoms with Crippen LogP contribution in [-0.4, -0.2) is 25.3 Å². The molecule has 66 valence electrons. The molecule has 1 heterocycles. The van der Waals surface area contributed by atoms with Gasteiger partial charge in [-0.05, 0) is 17.3 Å². The summed E-state index contributed by atoms with van der Waals surface area (Å²) in [6.45, 7) is 0. The third-order valence-corrected chi connectivity index (χ3v) is 1.65. The van der Waals surface area contributed by atoms with Crippen LogP contribution in [0.5, 0.6) is 5.75 Å². The molecule has 5 heteroatoms. The molecule has 0 atom stereocenters. The van der Waals surface area contributed by atoms with E-state index in [9.17, 15) is 5.11 Å². The second-order valence-electron chi connectivity index (χ2n) is 2.62. The number of tetrazole rings is 1. The monoisotopic (exact) mass is 176 g/mol. The zero-order valence-electron chi connectivity index (χ0n) is 7.05. The molecule has 0 bridgehead atoms. The molecule has 2 rings (SSSR count). The summed E-state index contributed by atoms with van der Waals surface area (Å²) in [6.07, 6.45) is 0. The first-order chi connectivity index (χ1) is 6.27. The van der Waals surface area contributed by atoms with Crippen molar-refractivity contribution in [2.45, 2.75) is 0 Å². The Bertz CT molecular complexity index is 424. The lowest BCUT2D eigenvalue weighted by Gasteiger charge is -1.96. The zero-order chi connectivity index (χ0) is 9.26. The van der Waals surface area contributed by atoms with E-state index in [2.05, 4.69) is 15.4 Å². The van der Waals surface area contributed by atoms with E-state index in [-0.39, 0.29) is 5.75 Å². The van der Waals surface area contributed by atoms with Crippen LogP contribution < -0.4 is 0 Å². The maximum absolute atomic E-state index is 9.46. The number of aromatic hydroxyl groups is 1. The predicted octanol–water partition coefficient (Wildman–Crippen LogP) is 0.583. The van der Waals surface area contributed by atoms with Crippen LogP contribution in [0.3, 0.4) is 0 Å². The fourth-order valence-electron chi connectivity index (χ4n) is 1.05. The lowest BCUT2D eigenvalue weighted by atomic mass is 10.2. The lowest BCUT2D eigenvalue weighted by Crippen LogP contribution is -1.91. The summed E-state index contributed by atoms with van der Waals surface area (Å²) in [5.74, 6) is 0.594. The molecule has 0 aliphatic heterocycles. The summed E-state index contributed by atoms with van der Waals surface area (Å²) in [5, 5.41) is 20.9. The first kappa shape index (κ1) is 7.72. The molecule has 1 N–H and O–H groups in total. The molecule has 0 saturated heterocycles. The van der Waals surface area contributed by atoms with Gasteiger partial charge in [0.2, 0.25) is 5.82 Å². The number of nitrogens with zero attached hydrogens (tertiary/aromatic N) is 4. The third-order valence-electron chi connectivity index (χ3n) is 1.65. The smallest absolute Gasteiger partial charge is 0.208 e. The van der Waals surface area contributed by atoms with Gasteiger partial charge in [-0.15, -0.1) is 10.2 Å². The Morgan fingerprint density at radius 3 is 2.69 bits per heavy atom. The highest BCUT2D eigenvalue weighted by atomic mass is 16.3. The number of hydrogen-bond donors (Lipinski definition) is 1. The Kier molecular flexibility index (Phi) is 1.70. The van der Waals surface area contributed by atoms with Crippen LogP contribution in [0.25, 0.3) is 11.4 Å². The number of rotatable bonds is 1. The van der Waals surface area contributed by atoms with E-state index >= 15 is 0 Å². The van der Waals surface area contributed by atoms with Crippen LogP contribution in [0.15, 0.2) is 24.3 Å². The number of hydrogen-bond acceptors (Lipinski definition) is 4. The summed E-state index contributed by atoms with van der Waals surface area (Å²) in [7, 11) is 1.68. The number of aryl methyl sites for hydroxylation is 1. The maximum Gasteiger partial charge on any atom is 0.208 e. The van der Waals surface area contributed by atoms with Crippen molar-refractivity contribution in [2.24, 2.45) is 7.05 Å². The summed E-state index contributed by atoms with van der Waals surface area (Å²) >= 11 is 0. The number of benzene rings is 1. The Morgan fingerprint density at radius 2 is 2.08 bits per heavy atom. The van der Waals surface area contributed by atoms with Gasteiger partial charge >= 0.3 is 0 Å². The lowest BCUT2D eigenvalue weighted by molar-refractivity contribution is 0.477. The molecule has 0 saturated carbocycles. The zero-order valence-corrected chi connectivity index (χ0v) is 7.05. The van der Waals surface area contributed by atoms with E-state index in [0.29, 0.717) is 11.4 Å². The third kappa shape index (κ3) is 1.35. The maximum atomic E-state index is 9.46. The summed E-state index contributed by atoms with van der Waals surface area (Å²) in [4.78, 5) is 1.35. The summed E-state index contributed by atoms with van der Waals surface area (Å²) in [6, 6.07) is 6.89. The van der Waals surface area contributed by atoms with Gasteiger partial charge in [-0.3, -0.25) is 0 Å². The van der Waals surface area contributed by atoms with Crippen LogP contribution >= 0.6 is 0 Å². The fraction of sp³-hybridized carbons (Fsp3) is 0.125. The van der Waals surface area contributed by atoms with Gasteiger partial charge in [-0.25, -0.2) is 0 Å². The molecule has 2 aromatic rings. The number of phenolic OH excluding ortho intramolecular Hbond substituents is 1. The SMILES string of the molecule is Cn1nnc(-c2ccccc2O)n1. The molecule has 1 aromatic heterocycles. The topological polar surface area (TPSA) is 63.8 Å². The van der Waals surface area contributed by atoms with Crippen LogP contribution in [0.2, 0.25) is 0 Å². The highest BCUT2D eigenvalue weighted by molar-refractivity contribution is 5.62. The van der Waals surface area contributed by atoms with Crippen LogP contribution in [0.1, 0.15) is 0 Å². The molecule has 0 amide bonds. The van der Waals surface area contributed by atoms with Crippen LogP contribution in [0.4, 0.5) is 0 Å². The van der Waals surface area contributed by atoms with Gasteiger partial charge in [0.05, 0.1) is 12.6 Å². The molecule has 1 aromatic carbocycles. The second-order valence-corrected chi connectivity index (χ2v) is 2.62. The van der Waals surface area contributed by atoms with Gasteiger partial charge in [0.15, 0.2) is 0 Å². The van der Waals surface area contributed by atoms with Gasteiger partial charge in [0, 0.05) is 0 Å². The Hall–Kier alpha value is -1.91. The normalized spacial score (nSPS) is 10.2. The van der Waals surface area contributed by atoms with E-state index in [1.165, 1.54) is 4.80 Å². The molecule has 0 unspecified atom stereocenters. The van der Waals surface area contributed by atoms with Crippen molar-refractivity contribution < 1.29 is 5.11 Å². The molecular formula is C8H8N4O. The van der Waals surface area contributed by atoms with Crippen molar-refractivity contribution in [1.29, 1.82) is 0 Å². The largest absolute Gasteiger partial charge is 0.507 e. The average molecular weight is 176 g/mol. The fourth-order valence-corrected chi connectivity index (χ4v) is 1.05. The standard InChI is InChI=1S/C8H8N4O/c1-12-10-8(9-11-12)6-4-2-3-5-7(6)13/h2-5,13H,1H3.